The van der Waals surface area contributed by atoms with Crippen molar-refractivity contribution >= 4 is 0 Å². The Balaban J connectivity index is 0.000000371. The van der Waals surface area contributed by atoms with Crippen LogP contribution in [0.5, 0.6) is 0 Å². The largest absolute Gasteiger partial charge is 0.390 e. The molecule has 0 aromatic heterocycles. The van der Waals surface area contributed by atoms with E-state index in [1.54, 1.807) is 0 Å². The van der Waals surface area contributed by atoms with E-state index in [9.17, 15) is 0 Å². The maximum absolute atomic E-state index is 9.05. The van der Waals surface area contributed by atoms with Crippen molar-refractivity contribution in [2.45, 2.75) is 33.3 Å². The molecule has 0 aliphatic carbocycles. The molecule has 0 spiro atoms. The molecule has 1 fully saturated rings. The zero-order chi connectivity index (χ0) is 7.98. The first-order chi connectivity index (χ1) is 4.80. The Bertz CT molecular complexity index is 63.7. The Morgan fingerprint density at radius 1 is 1.40 bits per heavy atom. The number of aliphatic hydroxyl groups is 1. The molecule has 10 heavy (non-hydrogen) atoms. The summed E-state index contributed by atoms with van der Waals surface area (Å²) in [7, 11) is 0. The third kappa shape index (κ3) is 3.18. The summed E-state index contributed by atoms with van der Waals surface area (Å²) in [5.74, 6) is 0.434. The van der Waals surface area contributed by atoms with Gasteiger partial charge >= 0.3 is 0 Å². The number of rotatable bonds is 0. The van der Waals surface area contributed by atoms with Crippen LogP contribution in [0.4, 0.5) is 0 Å². The van der Waals surface area contributed by atoms with E-state index in [1.165, 1.54) is 0 Å². The highest BCUT2D eigenvalue weighted by molar-refractivity contribution is 4.67. The minimum atomic E-state index is -0.219. The highest BCUT2D eigenvalue weighted by Crippen LogP contribution is 2.13. The molecule has 0 aromatic carbocycles. The van der Waals surface area contributed by atoms with Crippen molar-refractivity contribution in [2.75, 3.05) is 13.2 Å². The molecule has 2 unspecified atom stereocenters. The van der Waals surface area contributed by atoms with Crippen LogP contribution in [0.15, 0.2) is 0 Å². The van der Waals surface area contributed by atoms with E-state index in [2.05, 4.69) is 0 Å². The predicted octanol–water partition coefficient (Wildman–Crippen LogP) is 1.43. The molecule has 1 aliphatic rings. The van der Waals surface area contributed by atoms with Crippen LogP contribution in [0.2, 0.25) is 0 Å². The van der Waals surface area contributed by atoms with Crippen molar-refractivity contribution in [1.82, 2.24) is 0 Å². The molecule has 0 saturated carbocycles. The summed E-state index contributed by atoms with van der Waals surface area (Å²) >= 11 is 0. The van der Waals surface area contributed by atoms with E-state index in [0.717, 1.165) is 13.0 Å². The van der Waals surface area contributed by atoms with Gasteiger partial charge in [-0.2, -0.15) is 0 Å². The van der Waals surface area contributed by atoms with Crippen molar-refractivity contribution in [3.63, 3.8) is 0 Å². The highest BCUT2D eigenvalue weighted by Gasteiger charge is 2.18. The number of hydrogen-bond donors (Lipinski definition) is 1. The molecule has 1 heterocycles. The minimum Gasteiger partial charge on any atom is -0.390 e. The number of ether oxygens (including phenoxy) is 1. The molecule has 1 saturated heterocycles. The fraction of sp³-hybridized carbons (Fsp3) is 1.00. The summed E-state index contributed by atoms with van der Waals surface area (Å²) in [6.45, 7) is 7.40. The van der Waals surface area contributed by atoms with Crippen molar-refractivity contribution < 1.29 is 9.84 Å². The van der Waals surface area contributed by atoms with Gasteiger partial charge < -0.3 is 9.84 Å². The summed E-state index contributed by atoms with van der Waals surface area (Å²) in [5.41, 5.74) is 0. The second kappa shape index (κ2) is 5.69. The van der Waals surface area contributed by atoms with E-state index in [4.69, 9.17) is 9.84 Å². The second-order valence-electron chi connectivity index (χ2n) is 2.41. The monoisotopic (exact) mass is 146 g/mol. The quantitative estimate of drug-likeness (QED) is 0.560. The van der Waals surface area contributed by atoms with Gasteiger partial charge in [0.25, 0.3) is 0 Å². The minimum absolute atomic E-state index is 0.219. The molecule has 0 amide bonds. The maximum Gasteiger partial charge on any atom is 0.0799 e. The van der Waals surface area contributed by atoms with Crippen LogP contribution in [-0.2, 0) is 4.74 Å². The number of aliphatic hydroxyl groups excluding tert-OH is 1. The van der Waals surface area contributed by atoms with E-state index < -0.39 is 0 Å². The summed E-state index contributed by atoms with van der Waals surface area (Å²) in [6, 6.07) is 0. The van der Waals surface area contributed by atoms with Crippen LogP contribution in [0.3, 0.4) is 0 Å². The lowest BCUT2D eigenvalue weighted by atomic mass is 10.0. The van der Waals surface area contributed by atoms with Crippen LogP contribution in [0.25, 0.3) is 0 Å². The van der Waals surface area contributed by atoms with E-state index in [1.807, 2.05) is 20.8 Å². The molecule has 2 heteroatoms. The van der Waals surface area contributed by atoms with Crippen molar-refractivity contribution in [1.29, 1.82) is 0 Å². The summed E-state index contributed by atoms with van der Waals surface area (Å²) < 4.78 is 5.00. The Hall–Kier alpha value is -0.0800. The molecular weight excluding hydrogens is 128 g/mol. The van der Waals surface area contributed by atoms with Crippen molar-refractivity contribution in [2.24, 2.45) is 5.92 Å². The SMILES string of the molecule is CC.CC1CCOCC1O. The second-order valence-corrected chi connectivity index (χ2v) is 2.41. The molecule has 0 bridgehead atoms. The summed E-state index contributed by atoms with van der Waals surface area (Å²) in [6.07, 6.45) is 0.782. The first kappa shape index (κ1) is 9.92. The van der Waals surface area contributed by atoms with Gasteiger partial charge in [0.1, 0.15) is 0 Å². The molecule has 1 N–H and O–H groups in total. The highest BCUT2D eigenvalue weighted by atomic mass is 16.5. The molecule has 1 rings (SSSR count). The van der Waals surface area contributed by atoms with Gasteiger partial charge in [0.2, 0.25) is 0 Å². The maximum atomic E-state index is 9.05. The van der Waals surface area contributed by atoms with Gasteiger partial charge in [0.15, 0.2) is 0 Å². The number of hydrogen-bond acceptors (Lipinski definition) is 2. The van der Waals surface area contributed by atoms with Crippen LogP contribution in [0.1, 0.15) is 27.2 Å². The summed E-state index contributed by atoms with van der Waals surface area (Å²) in [5, 5.41) is 9.05. The topological polar surface area (TPSA) is 29.5 Å². The zero-order valence-electron chi connectivity index (χ0n) is 7.13. The van der Waals surface area contributed by atoms with Crippen molar-refractivity contribution in [3.8, 4) is 0 Å². The third-order valence-electron chi connectivity index (χ3n) is 1.66. The standard InChI is InChI=1S/C6H12O2.C2H6/c1-5-2-3-8-4-6(5)7;1-2/h5-7H,2-4H2,1H3;1-2H3. The van der Waals surface area contributed by atoms with Gasteiger partial charge in [-0.05, 0) is 12.3 Å². The van der Waals surface area contributed by atoms with Gasteiger partial charge in [-0.1, -0.05) is 20.8 Å². The third-order valence-corrected chi connectivity index (χ3v) is 1.66. The summed E-state index contributed by atoms with van der Waals surface area (Å²) in [4.78, 5) is 0. The average molecular weight is 146 g/mol. The van der Waals surface area contributed by atoms with Gasteiger partial charge in [0.05, 0.1) is 12.7 Å². The molecule has 0 aromatic rings. The Morgan fingerprint density at radius 3 is 2.30 bits per heavy atom. The van der Waals surface area contributed by atoms with Gasteiger partial charge in [-0.25, -0.2) is 0 Å². The lowest BCUT2D eigenvalue weighted by molar-refractivity contribution is -0.0380. The smallest absolute Gasteiger partial charge is 0.0799 e. The Labute approximate surface area is 63.2 Å². The Kier molecular flexibility index (Phi) is 5.64. The average Bonchev–Trinajstić information content (AvgIpc) is 2.00. The first-order valence-corrected chi connectivity index (χ1v) is 4.06. The van der Waals surface area contributed by atoms with Gasteiger partial charge in [-0.3, -0.25) is 0 Å². The van der Waals surface area contributed by atoms with Crippen molar-refractivity contribution in [3.05, 3.63) is 0 Å². The first-order valence-electron chi connectivity index (χ1n) is 4.06. The van der Waals surface area contributed by atoms with E-state index >= 15 is 0 Å². The van der Waals surface area contributed by atoms with Crippen LogP contribution in [0, 0.1) is 5.92 Å². The molecule has 62 valence electrons. The molecule has 2 nitrogen and oxygen atoms in total. The van der Waals surface area contributed by atoms with E-state index in [0.29, 0.717) is 12.5 Å². The zero-order valence-corrected chi connectivity index (χ0v) is 7.13. The Morgan fingerprint density at radius 2 is 2.00 bits per heavy atom. The van der Waals surface area contributed by atoms with Crippen LogP contribution < -0.4 is 0 Å². The lowest BCUT2D eigenvalue weighted by Gasteiger charge is -2.23. The molecule has 2 atom stereocenters. The van der Waals surface area contributed by atoms with Crippen LogP contribution in [-0.4, -0.2) is 24.4 Å². The lowest BCUT2D eigenvalue weighted by Crippen LogP contribution is -2.29. The predicted molar refractivity (Wildman–Crippen MR) is 42.0 cm³/mol. The van der Waals surface area contributed by atoms with Crippen LogP contribution >= 0.6 is 0 Å². The molecular formula is C8H18O2. The fourth-order valence-corrected chi connectivity index (χ4v) is 0.830. The molecule has 1 aliphatic heterocycles. The fourth-order valence-electron chi connectivity index (χ4n) is 0.830. The van der Waals surface area contributed by atoms with E-state index in [-0.39, 0.29) is 6.10 Å². The van der Waals surface area contributed by atoms with Gasteiger partial charge in [0, 0.05) is 6.61 Å². The van der Waals surface area contributed by atoms with Gasteiger partial charge in [-0.15, -0.1) is 0 Å². The normalized spacial score (nSPS) is 32.4. The molecule has 0 radical (unpaired) electrons.